The Bertz CT molecular complexity index is 909. The molecule has 6 nitrogen and oxygen atoms in total. The Hall–Kier alpha value is -1.86. The van der Waals surface area contributed by atoms with Crippen molar-refractivity contribution >= 4 is 36.5 Å². The lowest BCUT2D eigenvalue weighted by atomic mass is 9.77. The summed E-state index contributed by atoms with van der Waals surface area (Å²) in [5.41, 5.74) is 2.18. The standard InChI is InChI=1S/C26H34N4O2.2ClH/c1-32-24-15-22-17-30(16-21(22)14-23(24)29-25-4-2-3-11-28-25)26(31)20-7-5-18(6-8-20)19-9-12-27-13-10-19;;/h2-8,11,19,21-24,27H,9-10,12-17H2,1H3,(H,28,29);2*1H/t21-,22+,23-,24-;;/m1../s1. The molecule has 3 heterocycles. The van der Waals surface area contributed by atoms with Gasteiger partial charge in [-0.1, -0.05) is 18.2 Å². The number of hydrogen-bond acceptors (Lipinski definition) is 5. The summed E-state index contributed by atoms with van der Waals surface area (Å²) in [7, 11) is 1.79. The molecule has 2 N–H and O–H groups in total. The van der Waals surface area contributed by atoms with Gasteiger partial charge in [0.25, 0.3) is 5.91 Å². The summed E-state index contributed by atoms with van der Waals surface area (Å²) in [5, 5.41) is 6.99. The van der Waals surface area contributed by atoms with Crippen LogP contribution in [0.25, 0.3) is 0 Å². The normalized spacial score (nSPS) is 26.7. The lowest BCUT2D eigenvalue weighted by Crippen LogP contribution is -2.44. The fourth-order valence-corrected chi connectivity index (χ4v) is 5.87. The third-order valence-corrected chi connectivity index (χ3v) is 7.67. The second-order valence-electron chi connectivity index (χ2n) is 9.59. The Morgan fingerprint density at radius 1 is 1.03 bits per heavy atom. The molecule has 1 aromatic carbocycles. The number of rotatable bonds is 5. The highest BCUT2D eigenvalue weighted by Crippen LogP contribution is 2.39. The van der Waals surface area contributed by atoms with E-state index in [4.69, 9.17) is 4.74 Å². The van der Waals surface area contributed by atoms with Crippen LogP contribution in [-0.4, -0.2) is 61.2 Å². The predicted molar refractivity (Wildman–Crippen MR) is 140 cm³/mol. The SMILES string of the molecule is CO[C@@H]1C[C@H]2CN(C(=O)c3ccc(C4CCNCC4)cc3)C[C@H]2C[C@H]1Nc1ccccn1.Cl.Cl. The first-order chi connectivity index (χ1) is 15.7. The van der Waals surface area contributed by atoms with E-state index in [1.165, 1.54) is 18.4 Å². The van der Waals surface area contributed by atoms with Crippen LogP contribution in [0.15, 0.2) is 48.7 Å². The number of nitrogens with zero attached hydrogens (tertiary/aromatic N) is 2. The summed E-state index contributed by atoms with van der Waals surface area (Å²) < 4.78 is 5.84. The minimum atomic E-state index is 0. The Kier molecular flexibility index (Phi) is 9.60. The zero-order valence-corrected chi connectivity index (χ0v) is 21.3. The van der Waals surface area contributed by atoms with Crippen LogP contribution in [0.3, 0.4) is 0 Å². The number of methoxy groups -OCH3 is 1. The largest absolute Gasteiger partial charge is 0.379 e. The van der Waals surface area contributed by atoms with Crippen molar-refractivity contribution in [3.05, 3.63) is 59.8 Å². The summed E-state index contributed by atoms with van der Waals surface area (Å²) in [6.07, 6.45) is 6.27. The number of carbonyl (C=O) groups is 1. The van der Waals surface area contributed by atoms with Crippen molar-refractivity contribution in [3.8, 4) is 0 Å². The molecule has 2 saturated heterocycles. The average molecular weight is 508 g/mol. The van der Waals surface area contributed by atoms with Gasteiger partial charge in [0.05, 0.1) is 12.1 Å². The lowest BCUT2D eigenvalue weighted by molar-refractivity contribution is 0.0304. The molecule has 5 rings (SSSR count). The van der Waals surface area contributed by atoms with Crippen molar-refractivity contribution in [1.29, 1.82) is 0 Å². The molecular weight excluding hydrogens is 471 g/mol. The van der Waals surface area contributed by atoms with Gasteiger partial charge in [-0.05, 0) is 86.4 Å². The van der Waals surface area contributed by atoms with Gasteiger partial charge in [0.15, 0.2) is 0 Å². The van der Waals surface area contributed by atoms with E-state index in [1.807, 2.05) is 36.5 Å². The van der Waals surface area contributed by atoms with Crippen LogP contribution >= 0.6 is 24.8 Å². The van der Waals surface area contributed by atoms with E-state index in [0.717, 1.165) is 50.4 Å². The number of aromatic nitrogens is 1. The lowest BCUT2D eigenvalue weighted by Gasteiger charge is -2.37. The van der Waals surface area contributed by atoms with Gasteiger partial charge in [-0.2, -0.15) is 0 Å². The number of fused-ring (bicyclic) bond motifs is 1. The number of carbonyl (C=O) groups excluding carboxylic acids is 1. The molecule has 1 amide bonds. The Labute approximate surface area is 215 Å². The molecule has 186 valence electrons. The predicted octanol–water partition coefficient (Wildman–Crippen LogP) is 4.37. The molecule has 3 fully saturated rings. The van der Waals surface area contributed by atoms with E-state index < -0.39 is 0 Å². The number of pyridine rings is 1. The van der Waals surface area contributed by atoms with E-state index in [-0.39, 0.29) is 42.9 Å². The first kappa shape index (κ1) is 26.7. The van der Waals surface area contributed by atoms with Crippen LogP contribution in [0.5, 0.6) is 0 Å². The van der Waals surface area contributed by atoms with Crippen LogP contribution in [0.4, 0.5) is 5.82 Å². The van der Waals surface area contributed by atoms with Gasteiger partial charge in [-0.3, -0.25) is 4.79 Å². The number of ether oxygens (including phenoxy) is 1. The molecule has 1 aromatic heterocycles. The van der Waals surface area contributed by atoms with Crippen LogP contribution in [0, 0.1) is 11.8 Å². The number of likely N-dealkylation sites (tertiary alicyclic amines) is 1. The number of halogens is 2. The molecule has 0 spiro atoms. The molecule has 3 aliphatic rings. The number of benzene rings is 1. The van der Waals surface area contributed by atoms with Crippen molar-refractivity contribution in [2.45, 2.75) is 43.7 Å². The number of anilines is 1. The van der Waals surface area contributed by atoms with E-state index >= 15 is 0 Å². The van der Waals surface area contributed by atoms with Crippen LogP contribution in [0.2, 0.25) is 0 Å². The number of nitrogens with one attached hydrogen (secondary N) is 2. The van der Waals surface area contributed by atoms with Crippen molar-refractivity contribution in [2.75, 3.05) is 38.6 Å². The minimum Gasteiger partial charge on any atom is -0.379 e. The number of piperidine rings is 1. The van der Waals surface area contributed by atoms with Crippen LogP contribution in [0.1, 0.15) is 47.5 Å². The van der Waals surface area contributed by atoms with E-state index in [9.17, 15) is 4.79 Å². The minimum absolute atomic E-state index is 0. The zero-order valence-electron chi connectivity index (χ0n) is 19.7. The molecule has 2 aromatic rings. The Morgan fingerprint density at radius 2 is 1.74 bits per heavy atom. The highest BCUT2D eigenvalue weighted by molar-refractivity contribution is 5.94. The van der Waals surface area contributed by atoms with E-state index in [2.05, 4.69) is 32.7 Å². The maximum absolute atomic E-state index is 13.3. The maximum atomic E-state index is 13.3. The summed E-state index contributed by atoms with van der Waals surface area (Å²) >= 11 is 0. The zero-order chi connectivity index (χ0) is 21.9. The first-order valence-electron chi connectivity index (χ1n) is 12.0. The summed E-state index contributed by atoms with van der Waals surface area (Å²) in [4.78, 5) is 19.7. The molecule has 0 bridgehead atoms. The summed E-state index contributed by atoms with van der Waals surface area (Å²) in [6.45, 7) is 3.83. The Balaban J connectivity index is 0.00000162. The Morgan fingerprint density at radius 3 is 2.38 bits per heavy atom. The van der Waals surface area contributed by atoms with Crippen molar-refractivity contribution < 1.29 is 9.53 Å². The highest BCUT2D eigenvalue weighted by Gasteiger charge is 2.43. The van der Waals surface area contributed by atoms with Crippen LogP contribution < -0.4 is 10.6 Å². The molecular formula is C26H36Cl2N4O2. The van der Waals surface area contributed by atoms with Gasteiger partial charge in [0.2, 0.25) is 0 Å². The summed E-state index contributed by atoms with van der Waals surface area (Å²) in [5.74, 6) is 2.67. The van der Waals surface area contributed by atoms with Crippen molar-refractivity contribution in [1.82, 2.24) is 15.2 Å². The number of amides is 1. The van der Waals surface area contributed by atoms with Gasteiger partial charge in [-0.15, -0.1) is 24.8 Å². The molecule has 2 aliphatic heterocycles. The van der Waals surface area contributed by atoms with Crippen molar-refractivity contribution in [3.63, 3.8) is 0 Å². The third-order valence-electron chi connectivity index (χ3n) is 7.67. The molecule has 1 aliphatic carbocycles. The second-order valence-corrected chi connectivity index (χ2v) is 9.59. The van der Waals surface area contributed by atoms with Gasteiger partial charge in [-0.25, -0.2) is 4.98 Å². The molecule has 4 atom stereocenters. The van der Waals surface area contributed by atoms with Gasteiger partial charge in [0.1, 0.15) is 5.82 Å². The average Bonchev–Trinajstić information content (AvgIpc) is 3.27. The van der Waals surface area contributed by atoms with Crippen LogP contribution in [-0.2, 0) is 4.74 Å². The number of hydrogen-bond donors (Lipinski definition) is 2. The quantitative estimate of drug-likeness (QED) is 0.630. The molecule has 0 unspecified atom stereocenters. The molecule has 1 saturated carbocycles. The fourth-order valence-electron chi connectivity index (χ4n) is 5.87. The molecule has 8 heteroatoms. The first-order valence-corrected chi connectivity index (χ1v) is 12.0. The summed E-state index contributed by atoms with van der Waals surface area (Å²) in [6, 6.07) is 14.5. The van der Waals surface area contributed by atoms with Gasteiger partial charge < -0.3 is 20.3 Å². The van der Waals surface area contributed by atoms with E-state index in [1.54, 1.807) is 7.11 Å². The van der Waals surface area contributed by atoms with Gasteiger partial charge in [0, 0.05) is 32.0 Å². The second kappa shape index (κ2) is 12.2. The highest BCUT2D eigenvalue weighted by atomic mass is 35.5. The molecule has 34 heavy (non-hydrogen) atoms. The third kappa shape index (κ3) is 5.85. The maximum Gasteiger partial charge on any atom is 0.253 e. The fraction of sp³-hybridized carbons (Fsp3) is 0.538. The monoisotopic (exact) mass is 506 g/mol. The smallest absolute Gasteiger partial charge is 0.253 e. The molecule has 0 radical (unpaired) electrons. The van der Waals surface area contributed by atoms with Gasteiger partial charge >= 0.3 is 0 Å². The van der Waals surface area contributed by atoms with Crippen molar-refractivity contribution in [2.24, 2.45) is 11.8 Å². The topological polar surface area (TPSA) is 66.5 Å². The van der Waals surface area contributed by atoms with E-state index in [0.29, 0.717) is 17.8 Å².